The number of ether oxygens (including phenoxy) is 1. The van der Waals surface area contributed by atoms with Gasteiger partial charge in [-0.05, 0) is 25.1 Å². The molecule has 5 nitrogen and oxygen atoms in total. The van der Waals surface area contributed by atoms with Gasteiger partial charge in [-0.1, -0.05) is 11.6 Å². The molecule has 1 unspecified atom stereocenters. The number of hydrogen-bond acceptors (Lipinski definition) is 4. The van der Waals surface area contributed by atoms with Crippen LogP contribution >= 0.6 is 11.6 Å². The van der Waals surface area contributed by atoms with E-state index in [1.165, 1.54) is 25.1 Å². The number of carboxylic acid groups (broad SMARTS) is 1. The van der Waals surface area contributed by atoms with Crippen molar-refractivity contribution in [3.63, 3.8) is 0 Å². The molecule has 0 aromatic heterocycles. The van der Waals surface area contributed by atoms with Crippen LogP contribution in [0.5, 0.6) is 5.75 Å². The van der Waals surface area contributed by atoms with Crippen molar-refractivity contribution >= 4 is 30.2 Å². The van der Waals surface area contributed by atoms with E-state index >= 15 is 0 Å². The van der Waals surface area contributed by atoms with Crippen LogP contribution in [0.1, 0.15) is 6.92 Å². The lowest BCUT2D eigenvalue weighted by molar-refractivity contribution is -0.144. The molecule has 0 spiro atoms. The van der Waals surface area contributed by atoms with Gasteiger partial charge in [0.1, 0.15) is 5.75 Å². The highest BCUT2D eigenvalue weighted by Crippen LogP contribution is 2.15. The molecule has 0 radical (unpaired) electrons. The van der Waals surface area contributed by atoms with Gasteiger partial charge >= 0.3 is 13.1 Å². The second-order valence-corrected chi connectivity index (χ2v) is 3.59. The van der Waals surface area contributed by atoms with Gasteiger partial charge < -0.3 is 19.9 Å². The van der Waals surface area contributed by atoms with Crippen LogP contribution in [-0.2, 0) is 4.79 Å². The summed E-state index contributed by atoms with van der Waals surface area (Å²) in [5.74, 6) is -1.07. The summed E-state index contributed by atoms with van der Waals surface area (Å²) in [4.78, 5) is 10.6. The molecule has 0 bridgehead atoms. The normalized spacial score (nSPS) is 12.0. The Bertz CT molecular complexity index is 395. The number of aliphatic carboxylic acids is 1. The lowest BCUT2D eigenvalue weighted by Gasteiger charge is -2.14. The second-order valence-electron chi connectivity index (χ2n) is 3.15. The second kappa shape index (κ2) is 5.20. The molecule has 0 fully saturated rings. The summed E-state index contributed by atoms with van der Waals surface area (Å²) in [6, 6.07) is 4.16. The van der Waals surface area contributed by atoms with E-state index in [0.717, 1.165) is 0 Å². The predicted octanol–water partition coefficient (Wildman–Crippen LogP) is -0.128. The lowest BCUT2D eigenvalue weighted by atomic mass is 9.79. The van der Waals surface area contributed by atoms with Gasteiger partial charge in [0.25, 0.3) is 0 Å². The molecule has 0 saturated heterocycles. The summed E-state index contributed by atoms with van der Waals surface area (Å²) >= 11 is 5.67. The monoisotopic (exact) mass is 244 g/mol. The minimum atomic E-state index is -1.77. The van der Waals surface area contributed by atoms with Gasteiger partial charge in [0.15, 0.2) is 6.10 Å². The zero-order chi connectivity index (χ0) is 12.3. The van der Waals surface area contributed by atoms with Crippen LogP contribution in [0.2, 0.25) is 5.02 Å². The molecule has 1 atom stereocenters. The maximum atomic E-state index is 10.6. The Hall–Kier alpha value is -1.24. The van der Waals surface area contributed by atoms with Crippen molar-refractivity contribution < 1.29 is 24.7 Å². The number of hydrogen-bond donors (Lipinski definition) is 3. The standard InChI is InChI=1S/C9H10BClO5/c1-5(9(12)13)16-8-3-2-6(11)4-7(8)10(14)15/h2-5,14-15H,1H3,(H,12,13). The summed E-state index contributed by atoms with van der Waals surface area (Å²) in [7, 11) is -1.77. The highest BCUT2D eigenvalue weighted by Gasteiger charge is 2.21. The molecule has 0 aliphatic rings. The first-order chi connectivity index (χ1) is 7.41. The van der Waals surface area contributed by atoms with Gasteiger partial charge in [-0.2, -0.15) is 0 Å². The van der Waals surface area contributed by atoms with Gasteiger partial charge in [-0.3, -0.25) is 0 Å². The minimum absolute atomic E-state index is 0.0283. The van der Waals surface area contributed by atoms with Gasteiger partial charge in [0, 0.05) is 10.5 Å². The molecule has 86 valence electrons. The Morgan fingerprint density at radius 2 is 2.12 bits per heavy atom. The van der Waals surface area contributed by atoms with Crippen LogP contribution in [0.15, 0.2) is 18.2 Å². The number of carbonyl (C=O) groups is 1. The van der Waals surface area contributed by atoms with Crippen LogP contribution in [0, 0.1) is 0 Å². The SMILES string of the molecule is CC(Oc1ccc(Cl)cc1B(O)O)C(=O)O. The third-order valence-electron chi connectivity index (χ3n) is 1.90. The topological polar surface area (TPSA) is 87.0 Å². The molecule has 7 heteroatoms. The van der Waals surface area contributed by atoms with E-state index in [1.54, 1.807) is 0 Å². The largest absolute Gasteiger partial charge is 0.492 e. The molecular formula is C9H10BClO5. The highest BCUT2D eigenvalue weighted by molar-refractivity contribution is 6.60. The number of carboxylic acids is 1. The molecule has 0 aliphatic carbocycles. The van der Waals surface area contributed by atoms with Crippen molar-refractivity contribution in [3.05, 3.63) is 23.2 Å². The van der Waals surface area contributed by atoms with Gasteiger partial charge in [-0.15, -0.1) is 0 Å². The molecule has 0 amide bonds. The van der Waals surface area contributed by atoms with Crippen molar-refractivity contribution in [2.24, 2.45) is 0 Å². The first-order valence-corrected chi connectivity index (χ1v) is 4.84. The summed E-state index contributed by atoms with van der Waals surface area (Å²) in [6.07, 6.45) is -1.08. The van der Waals surface area contributed by atoms with Crippen molar-refractivity contribution in [1.82, 2.24) is 0 Å². The molecule has 3 N–H and O–H groups in total. The Morgan fingerprint density at radius 3 is 2.62 bits per heavy atom. The zero-order valence-corrected chi connectivity index (χ0v) is 9.18. The summed E-state index contributed by atoms with van der Waals surface area (Å²) in [6.45, 7) is 1.34. The van der Waals surface area contributed by atoms with Crippen molar-refractivity contribution in [2.75, 3.05) is 0 Å². The third-order valence-corrected chi connectivity index (χ3v) is 2.14. The van der Waals surface area contributed by atoms with Crippen LogP contribution in [0.3, 0.4) is 0 Å². The molecule has 0 aliphatic heterocycles. The van der Waals surface area contributed by atoms with Crippen molar-refractivity contribution in [3.8, 4) is 5.75 Å². The highest BCUT2D eigenvalue weighted by atomic mass is 35.5. The molecule has 0 heterocycles. The van der Waals surface area contributed by atoms with Gasteiger partial charge in [-0.25, -0.2) is 4.79 Å². The van der Waals surface area contributed by atoms with E-state index in [0.29, 0.717) is 5.02 Å². The molecular weight excluding hydrogens is 234 g/mol. The van der Waals surface area contributed by atoms with E-state index in [2.05, 4.69) is 0 Å². The van der Waals surface area contributed by atoms with Crippen molar-refractivity contribution in [1.29, 1.82) is 0 Å². The van der Waals surface area contributed by atoms with E-state index in [4.69, 9.17) is 31.5 Å². The maximum absolute atomic E-state index is 10.6. The zero-order valence-electron chi connectivity index (χ0n) is 8.42. The molecule has 1 rings (SSSR count). The Balaban J connectivity index is 2.99. The van der Waals surface area contributed by atoms with Crippen LogP contribution in [0.4, 0.5) is 0 Å². The predicted molar refractivity (Wildman–Crippen MR) is 59.0 cm³/mol. The van der Waals surface area contributed by atoms with E-state index < -0.39 is 19.2 Å². The fourth-order valence-corrected chi connectivity index (χ4v) is 1.25. The summed E-state index contributed by atoms with van der Waals surface area (Å²) in [5, 5.41) is 27.1. The minimum Gasteiger partial charge on any atom is -0.479 e. The van der Waals surface area contributed by atoms with Crippen LogP contribution < -0.4 is 10.2 Å². The smallest absolute Gasteiger partial charge is 0.479 e. The molecule has 0 saturated carbocycles. The average molecular weight is 244 g/mol. The number of benzene rings is 1. The first kappa shape index (κ1) is 12.8. The molecule has 16 heavy (non-hydrogen) atoms. The Morgan fingerprint density at radius 1 is 1.50 bits per heavy atom. The Labute approximate surface area is 97.4 Å². The Kier molecular flexibility index (Phi) is 4.17. The van der Waals surface area contributed by atoms with E-state index in [9.17, 15) is 4.79 Å². The number of rotatable bonds is 4. The van der Waals surface area contributed by atoms with E-state index in [-0.39, 0.29) is 11.2 Å². The van der Waals surface area contributed by atoms with Crippen LogP contribution in [0.25, 0.3) is 0 Å². The first-order valence-electron chi connectivity index (χ1n) is 4.47. The van der Waals surface area contributed by atoms with Crippen LogP contribution in [-0.4, -0.2) is 34.3 Å². The fourth-order valence-electron chi connectivity index (χ4n) is 1.07. The lowest BCUT2D eigenvalue weighted by Crippen LogP contribution is -2.34. The van der Waals surface area contributed by atoms with Crippen molar-refractivity contribution in [2.45, 2.75) is 13.0 Å². The van der Waals surface area contributed by atoms with E-state index in [1.807, 2.05) is 0 Å². The molecule has 1 aromatic rings. The summed E-state index contributed by atoms with van der Waals surface area (Å²) in [5.41, 5.74) is 0.0283. The fraction of sp³-hybridized carbons (Fsp3) is 0.222. The maximum Gasteiger partial charge on any atom is 0.492 e. The van der Waals surface area contributed by atoms with Gasteiger partial charge in [0.2, 0.25) is 0 Å². The summed E-state index contributed by atoms with van der Waals surface area (Å²) < 4.78 is 5.05. The molecule has 1 aromatic carbocycles. The quantitative estimate of drug-likeness (QED) is 0.642. The average Bonchev–Trinajstić information content (AvgIpc) is 2.20. The van der Waals surface area contributed by atoms with Gasteiger partial charge in [0.05, 0.1) is 0 Å². The third kappa shape index (κ3) is 3.13. The number of halogens is 1.